The molecule has 0 fully saturated rings. The van der Waals surface area contributed by atoms with Crippen molar-refractivity contribution in [3.63, 3.8) is 0 Å². The van der Waals surface area contributed by atoms with Crippen molar-refractivity contribution in [2.24, 2.45) is 0 Å². The first-order chi connectivity index (χ1) is 12.0. The molecule has 128 valence electrons. The van der Waals surface area contributed by atoms with Crippen molar-refractivity contribution in [2.75, 3.05) is 0 Å². The Morgan fingerprint density at radius 1 is 1.12 bits per heavy atom. The van der Waals surface area contributed by atoms with Gasteiger partial charge < -0.3 is 5.32 Å². The molecule has 1 aromatic heterocycles. The van der Waals surface area contributed by atoms with Crippen LogP contribution in [0.15, 0.2) is 54.7 Å². The van der Waals surface area contributed by atoms with Crippen LogP contribution in [0.5, 0.6) is 0 Å². The third-order valence-corrected chi connectivity index (χ3v) is 3.81. The van der Waals surface area contributed by atoms with Crippen molar-refractivity contribution < 1.29 is 13.6 Å². The molecular weight excluding hydrogens is 324 g/mol. The van der Waals surface area contributed by atoms with E-state index < -0.39 is 0 Å². The Labute approximate surface area is 144 Å². The van der Waals surface area contributed by atoms with Gasteiger partial charge in [0, 0.05) is 18.3 Å². The van der Waals surface area contributed by atoms with Gasteiger partial charge in [0.05, 0.1) is 5.69 Å². The summed E-state index contributed by atoms with van der Waals surface area (Å²) in [6, 6.07) is 12.6. The number of hydrogen-bond acceptors (Lipinski definition) is 2. The highest BCUT2D eigenvalue weighted by atomic mass is 19.1. The van der Waals surface area contributed by atoms with Crippen LogP contribution in [0.2, 0.25) is 0 Å². The molecule has 3 aromatic rings. The highest BCUT2D eigenvalue weighted by Gasteiger charge is 2.07. The number of benzene rings is 2. The van der Waals surface area contributed by atoms with Crippen LogP contribution >= 0.6 is 0 Å². The van der Waals surface area contributed by atoms with Gasteiger partial charge in [-0.3, -0.25) is 9.48 Å². The standard InChI is InChI=1S/C19H17F2N3O/c1-13-2-3-14(10-17(13)21)11-22-19(25)12-24-9-8-18(23-24)15-4-6-16(20)7-5-15/h2-10H,11-12H2,1H3,(H,22,25). The number of nitrogens with zero attached hydrogens (tertiary/aromatic N) is 2. The molecule has 1 heterocycles. The molecule has 0 aliphatic rings. The van der Waals surface area contributed by atoms with E-state index in [2.05, 4.69) is 10.4 Å². The molecule has 0 aliphatic heterocycles. The van der Waals surface area contributed by atoms with Crippen molar-refractivity contribution in [1.29, 1.82) is 0 Å². The van der Waals surface area contributed by atoms with Crippen LogP contribution in [0.25, 0.3) is 11.3 Å². The Morgan fingerprint density at radius 3 is 2.60 bits per heavy atom. The number of nitrogens with one attached hydrogen (secondary N) is 1. The lowest BCUT2D eigenvalue weighted by atomic mass is 10.1. The topological polar surface area (TPSA) is 46.9 Å². The Hall–Kier alpha value is -3.02. The van der Waals surface area contributed by atoms with E-state index >= 15 is 0 Å². The molecule has 2 aromatic carbocycles. The lowest BCUT2D eigenvalue weighted by molar-refractivity contribution is -0.122. The molecular formula is C19H17F2N3O. The number of rotatable bonds is 5. The Kier molecular flexibility index (Phi) is 4.88. The van der Waals surface area contributed by atoms with Gasteiger partial charge in [-0.1, -0.05) is 12.1 Å². The lowest BCUT2D eigenvalue weighted by Gasteiger charge is -2.06. The third kappa shape index (κ3) is 4.29. The Bertz CT molecular complexity index is 888. The summed E-state index contributed by atoms with van der Waals surface area (Å²) in [4.78, 5) is 12.0. The van der Waals surface area contributed by atoms with Gasteiger partial charge >= 0.3 is 0 Å². The van der Waals surface area contributed by atoms with Gasteiger partial charge in [0.25, 0.3) is 0 Å². The van der Waals surface area contributed by atoms with Crippen molar-refractivity contribution in [3.8, 4) is 11.3 Å². The average molecular weight is 341 g/mol. The highest BCUT2D eigenvalue weighted by Crippen LogP contribution is 2.17. The zero-order chi connectivity index (χ0) is 17.8. The van der Waals surface area contributed by atoms with Gasteiger partial charge in [-0.2, -0.15) is 5.10 Å². The molecule has 3 rings (SSSR count). The van der Waals surface area contributed by atoms with Crippen LogP contribution in [-0.2, 0) is 17.9 Å². The summed E-state index contributed by atoms with van der Waals surface area (Å²) in [5.41, 5.74) is 2.70. The van der Waals surface area contributed by atoms with E-state index in [9.17, 15) is 13.6 Å². The summed E-state index contributed by atoms with van der Waals surface area (Å²) in [6.07, 6.45) is 1.68. The molecule has 0 radical (unpaired) electrons. The van der Waals surface area contributed by atoms with E-state index in [1.165, 1.54) is 22.9 Å². The minimum atomic E-state index is -0.310. The van der Waals surface area contributed by atoms with E-state index in [-0.39, 0.29) is 30.6 Å². The van der Waals surface area contributed by atoms with Crippen LogP contribution < -0.4 is 5.32 Å². The van der Waals surface area contributed by atoms with Gasteiger partial charge in [0.2, 0.25) is 5.91 Å². The summed E-state index contributed by atoms with van der Waals surface area (Å²) >= 11 is 0. The molecule has 25 heavy (non-hydrogen) atoms. The largest absolute Gasteiger partial charge is 0.350 e. The van der Waals surface area contributed by atoms with Gasteiger partial charge in [-0.25, -0.2) is 8.78 Å². The zero-order valence-corrected chi connectivity index (χ0v) is 13.7. The van der Waals surface area contributed by atoms with E-state index in [4.69, 9.17) is 0 Å². The maximum absolute atomic E-state index is 13.5. The number of carbonyl (C=O) groups is 1. The number of aryl methyl sites for hydroxylation is 1. The van der Waals surface area contributed by atoms with Crippen molar-refractivity contribution in [2.45, 2.75) is 20.0 Å². The molecule has 0 spiro atoms. The van der Waals surface area contributed by atoms with Crippen molar-refractivity contribution >= 4 is 5.91 Å². The van der Waals surface area contributed by atoms with E-state index in [1.807, 2.05) is 0 Å². The summed E-state index contributed by atoms with van der Waals surface area (Å²) in [5, 5.41) is 7.04. The molecule has 0 bridgehead atoms. The van der Waals surface area contributed by atoms with Crippen LogP contribution in [-0.4, -0.2) is 15.7 Å². The van der Waals surface area contributed by atoms with E-state index in [0.29, 0.717) is 16.8 Å². The minimum absolute atomic E-state index is 0.0511. The predicted octanol–water partition coefficient (Wildman–Crippen LogP) is 3.45. The maximum atomic E-state index is 13.5. The second-order valence-electron chi connectivity index (χ2n) is 5.77. The second-order valence-corrected chi connectivity index (χ2v) is 5.77. The van der Waals surface area contributed by atoms with Crippen molar-refractivity contribution in [1.82, 2.24) is 15.1 Å². The quantitative estimate of drug-likeness (QED) is 0.773. The fourth-order valence-electron chi connectivity index (χ4n) is 2.37. The van der Waals surface area contributed by atoms with E-state index in [1.54, 1.807) is 43.5 Å². The van der Waals surface area contributed by atoms with Crippen LogP contribution in [0, 0.1) is 18.6 Å². The van der Waals surface area contributed by atoms with Gasteiger partial charge in [-0.05, 0) is 54.4 Å². The third-order valence-electron chi connectivity index (χ3n) is 3.81. The van der Waals surface area contributed by atoms with Gasteiger partial charge in [0.1, 0.15) is 18.2 Å². The Balaban J connectivity index is 1.58. The first-order valence-electron chi connectivity index (χ1n) is 7.82. The average Bonchev–Trinajstić information content (AvgIpc) is 3.05. The number of amides is 1. The van der Waals surface area contributed by atoms with Gasteiger partial charge in [0.15, 0.2) is 0 Å². The normalized spacial score (nSPS) is 10.7. The van der Waals surface area contributed by atoms with Gasteiger partial charge in [-0.15, -0.1) is 0 Å². The minimum Gasteiger partial charge on any atom is -0.350 e. The number of halogens is 2. The SMILES string of the molecule is Cc1ccc(CNC(=O)Cn2ccc(-c3ccc(F)cc3)n2)cc1F. The molecule has 4 nitrogen and oxygen atoms in total. The molecule has 0 unspecified atom stereocenters. The van der Waals surface area contributed by atoms with E-state index in [0.717, 1.165) is 5.56 Å². The smallest absolute Gasteiger partial charge is 0.241 e. The fourth-order valence-corrected chi connectivity index (χ4v) is 2.37. The molecule has 0 atom stereocenters. The number of aromatic nitrogens is 2. The zero-order valence-electron chi connectivity index (χ0n) is 13.7. The Morgan fingerprint density at radius 2 is 1.88 bits per heavy atom. The van der Waals surface area contributed by atoms with Crippen molar-refractivity contribution in [3.05, 3.63) is 77.5 Å². The number of hydrogen-bond donors (Lipinski definition) is 1. The van der Waals surface area contributed by atoms with Crippen LogP contribution in [0.4, 0.5) is 8.78 Å². The molecule has 6 heteroatoms. The molecule has 1 amide bonds. The summed E-state index contributed by atoms with van der Waals surface area (Å²) in [5.74, 6) is -0.826. The fraction of sp³-hybridized carbons (Fsp3) is 0.158. The molecule has 0 saturated carbocycles. The monoisotopic (exact) mass is 341 g/mol. The molecule has 1 N–H and O–H groups in total. The lowest BCUT2D eigenvalue weighted by Crippen LogP contribution is -2.27. The summed E-state index contributed by atoms with van der Waals surface area (Å²) in [6.45, 7) is 1.99. The molecule has 0 aliphatic carbocycles. The second kappa shape index (κ2) is 7.25. The predicted molar refractivity (Wildman–Crippen MR) is 90.6 cm³/mol. The maximum Gasteiger partial charge on any atom is 0.241 e. The number of carbonyl (C=O) groups excluding carboxylic acids is 1. The highest BCUT2D eigenvalue weighted by molar-refractivity contribution is 5.75. The summed E-state index contributed by atoms with van der Waals surface area (Å²) in [7, 11) is 0. The van der Waals surface area contributed by atoms with Crippen LogP contribution in [0.3, 0.4) is 0 Å². The first kappa shape index (κ1) is 16.8. The van der Waals surface area contributed by atoms with Crippen LogP contribution in [0.1, 0.15) is 11.1 Å². The first-order valence-corrected chi connectivity index (χ1v) is 7.82. The molecule has 0 saturated heterocycles. The summed E-state index contributed by atoms with van der Waals surface area (Å²) < 4.78 is 27.9.